The number of hydrogen-bond donors (Lipinski definition) is 2. The molecule has 0 saturated carbocycles. The third kappa shape index (κ3) is 6.15. The minimum atomic E-state index is -0.651. The predicted molar refractivity (Wildman–Crippen MR) is 124 cm³/mol. The second kappa shape index (κ2) is 10.9. The van der Waals surface area contributed by atoms with Crippen molar-refractivity contribution in [3.8, 4) is 0 Å². The molecule has 4 rings (SSSR count). The zero-order valence-corrected chi connectivity index (χ0v) is 19.2. The molecule has 8 nitrogen and oxygen atoms in total. The Kier molecular flexibility index (Phi) is 7.67. The second-order valence-electron chi connectivity index (χ2n) is 9.13. The number of carbonyl (C=O) groups excluding carboxylic acids is 2. The molecule has 0 bridgehead atoms. The zero-order chi connectivity index (χ0) is 23.2. The van der Waals surface area contributed by atoms with E-state index < -0.39 is 6.10 Å². The number of carbonyl (C=O) groups is 2. The highest BCUT2D eigenvalue weighted by atomic mass is 16.3. The number of aromatic nitrogens is 2. The molecule has 2 aliphatic rings. The molecule has 0 unspecified atom stereocenters. The molecule has 2 amide bonds. The van der Waals surface area contributed by atoms with Crippen molar-refractivity contribution in [1.29, 1.82) is 0 Å². The van der Waals surface area contributed by atoms with Crippen LogP contribution in [-0.4, -0.2) is 75.5 Å². The van der Waals surface area contributed by atoms with Crippen molar-refractivity contribution in [3.63, 3.8) is 0 Å². The topological polar surface area (TPSA) is 98.7 Å². The van der Waals surface area contributed by atoms with E-state index in [0.717, 1.165) is 51.1 Å². The monoisotopic (exact) mass is 451 g/mol. The molecule has 2 aromatic rings. The molecular formula is C25H33N5O3. The maximum absolute atomic E-state index is 12.6. The number of β-amino-alcohol motifs (C(OH)–C–C–N with tert-alkyl or cyclic N) is 1. The van der Waals surface area contributed by atoms with Gasteiger partial charge in [0, 0.05) is 51.4 Å². The lowest BCUT2D eigenvalue weighted by Gasteiger charge is -2.39. The van der Waals surface area contributed by atoms with Crippen LogP contribution in [0.2, 0.25) is 0 Å². The summed E-state index contributed by atoms with van der Waals surface area (Å²) in [4.78, 5) is 36.9. The van der Waals surface area contributed by atoms with Gasteiger partial charge in [-0.1, -0.05) is 31.2 Å². The first kappa shape index (κ1) is 23.3. The molecule has 1 aromatic carbocycles. The molecule has 1 aromatic heterocycles. The van der Waals surface area contributed by atoms with Gasteiger partial charge in [-0.25, -0.2) is 9.97 Å². The summed E-state index contributed by atoms with van der Waals surface area (Å²) < 4.78 is 0. The van der Waals surface area contributed by atoms with E-state index in [4.69, 9.17) is 0 Å². The van der Waals surface area contributed by atoms with E-state index in [-0.39, 0.29) is 18.4 Å². The molecule has 1 atom stereocenters. The van der Waals surface area contributed by atoms with Crippen molar-refractivity contribution in [1.82, 2.24) is 25.1 Å². The van der Waals surface area contributed by atoms with Crippen molar-refractivity contribution in [2.45, 2.75) is 45.3 Å². The summed E-state index contributed by atoms with van der Waals surface area (Å²) in [5.74, 6) is 0.270. The number of likely N-dealkylation sites (tertiary alicyclic amines) is 1. The molecule has 0 aliphatic carbocycles. The average molecular weight is 452 g/mol. The molecule has 3 heterocycles. The number of aliphatic hydroxyl groups excluding tert-OH is 1. The van der Waals surface area contributed by atoms with Crippen molar-refractivity contribution in [2.24, 2.45) is 5.92 Å². The number of fused-ring (bicyclic) bond motifs is 1. The van der Waals surface area contributed by atoms with Gasteiger partial charge in [-0.15, -0.1) is 0 Å². The Bertz CT molecular complexity index is 976. The van der Waals surface area contributed by atoms with Crippen LogP contribution in [0.5, 0.6) is 0 Å². The molecule has 0 radical (unpaired) electrons. The SMILES string of the molecule is CCCC(=O)N1CC(Cc2cc(C(=O)NC[C@H](O)CN3CCc4ccccc4C3)ncn2)C1. The van der Waals surface area contributed by atoms with Gasteiger partial charge in [0.25, 0.3) is 5.91 Å². The maximum Gasteiger partial charge on any atom is 0.270 e. The number of nitrogens with zero attached hydrogens (tertiary/aromatic N) is 4. The fourth-order valence-electron chi connectivity index (χ4n) is 4.58. The highest BCUT2D eigenvalue weighted by molar-refractivity contribution is 5.92. The van der Waals surface area contributed by atoms with Gasteiger partial charge in [-0.3, -0.25) is 14.5 Å². The van der Waals surface area contributed by atoms with Crippen LogP contribution >= 0.6 is 0 Å². The van der Waals surface area contributed by atoms with E-state index >= 15 is 0 Å². The van der Waals surface area contributed by atoms with Gasteiger partial charge in [0.05, 0.1) is 6.10 Å². The Hall–Kier alpha value is -2.84. The van der Waals surface area contributed by atoms with Crippen LogP contribution in [0.1, 0.15) is 47.1 Å². The van der Waals surface area contributed by atoms with E-state index in [1.165, 1.54) is 17.5 Å². The molecule has 1 saturated heterocycles. The molecule has 0 spiro atoms. The smallest absolute Gasteiger partial charge is 0.270 e. The van der Waals surface area contributed by atoms with E-state index in [1.54, 1.807) is 6.07 Å². The van der Waals surface area contributed by atoms with Crippen LogP contribution in [0.15, 0.2) is 36.7 Å². The quantitative estimate of drug-likeness (QED) is 0.599. The number of benzene rings is 1. The fourth-order valence-corrected chi connectivity index (χ4v) is 4.58. The lowest BCUT2D eigenvalue weighted by molar-refractivity contribution is -0.137. The highest BCUT2D eigenvalue weighted by Gasteiger charge is 2.30. The van der Waals surface area contributed by atoms with Crippen LogP contribution in [-0.2, 0) is 24.2 Å². The number of nitrogens with one attached hydrogen (secondary N) is 1. The van der Waals surface area contributed by atoms with E-state index in [9.17, 15) is 14.7 Å². The van der Waals surface area contributed by atoms with Gasteiger partial charge < -0.3 is 15.3 Å². The summed E-state index contributed by atoms with van der Waals surface area (Å²) in [6.45, 7) is 5.91. The lowest BCUT2D eigenvalue weighted by atomic mass is 9.94. The number of aliphatic hydroxyl groups is 1. The van der Waals surface area contributed by atoms with Gasteiger partial charge in [0.1, 0.15) is 12.0 Å². The van der Waals surface area contributed by atoms with Gasteiger partial charge in [-0.2, -0.15) is 0 Å². The Morgan fingerprint density at radius 2 is 2.00 bits per heavy atom. The molecule has 1 fully saturated rings. The standard InChI is InChI=1S/C25H33N5O3/c1-2-5-24(32)30-13-18(14-30)10-21-11-23(28-17-27-21)25(33)26-12-22(31)16-29-9-8-19-6-3-4-7-20(19)15-29/h3-4,6-7,11,17-18,22,31H,2,5,8-10,12-16H2,1H3,(H,26,33)/t22-/m0/s1. The average Bonchev–Trinajstić information content (AvgIpc) is 2.79. The van der Waals surface area contributed by atoms with E-state index in [2.05, 4.69) is 38.4 Å². The molecule has 176 valence electrons. The normalized spacial score (nSPS) is 17.2. The highest BCUT2D eigenvalue weighted by Crippen LogP contribution is 2.21. The number of rotatable bonds is 9. The summed E-state index contributed by atoms with van der Waals surface area (Å²) in [7, 11) is 0. The second-order valence-corrected chi connectivity index (χ2v) is 9.13. The van der Waals surface area contributed by atoms with Crippen LogP contribution in [0, 0.1) is 5.92 Å². The van der Waals surface area contributed by atoms with Gasteiger partial charge in [-0.05, 0) is 42.4 Å². The first-order valence-electron chi connectivity index (χ1n) is 11.9. The predicted octanol–water partition coefficient (Wildman–Crippen LogP) is 1.43. The van der Waals surface area contributed by atoms with Crippen LogP contribution in [0.3, 0.4) is 0 Å². The number of hydrogen-bond acceptors (Lipinski definition) is 6. The van der Waals surface area contributed by atoms with E-state index in [1.807, 2.05) is 17.9 Å². The Morgan fingerprint density at radius 3 is 2.79 bits per heavy atom. The number of amides is 2. The van der Waals surface area contributed by atoms with Crippen molar-refractivity contribution >= 4 is 11.8 Å². The summed E-state index contributed by atoms with van der Waals surface area (Å²) in [5, 5.41) is 13.2. The first-order valence-corrected chi connectivity index (χ1v) is 11.9. The largest absolute Gasteiger partial charge is 0.390 e. The first-order chi connectivity index (χ1) is 16.0. The summed E-state index contributed by atoms with van der Waals surface area (Å²) in [6, 6.07) is 10.1. The Balaban J connectivity index is 1.21. The fraction of sp³-hybridized carbons (Fsp3) is 0.520. The lowest BCUT2D eigenvalue weighted by Crippen LogP contribution is -2.50. The van der Waals surface area contributed by atoms with Gasteiger partial charge in [0.15, 0.2) is 0 Å². The van der Waals surface area contributed by atoms with Crippen LogP contribution in [0.25, 0.3) is 0 Å². The molecule has 33 heavy (non-hydrogen) atoms. The minimum Gasteiger partial charge on any atom is -0.390 e. The van der Waals surface area contributed by atoms with E-state index in [0.29, 0.717) is 24.6 Å². The summed E-state index contributed by atoms with van der Waals surface area (Å²) in [5.41, 5.74) is 3.78. The maximum atomic E-state index is 12.6. The third-order valence-corrected chi connectivity index (χ3v) is 6.40. The summed E-state index contributed by atoms with van der Waals surface area (Å²) >= 11 is 0. The minimum absolute atomic E-state index is 0.174. The Labute approximate surface area is 195 Å². The summed E-state index contributed by atoms with van der Waals surface area (Å²) in [6.07, 6.45) is 3.92. The third-order valence-electron chi connectivity index (χ3n) is 6.40. The van der Waals surface area contributed by atoms with Crippen molar-refractivity contribution in [3.05, 3.63) is 59.2 Å². The molecule has 2 aliphatic heterocycles. The Morgan fingerprint density at radius 1 is 1.21 bits per heavy atom. The van der Waals surface area contributed by atoms with Gasteiger partial charge >= 0.3 is 0 Å². The zero-order valence-electron chi connectivity index (χ0n) is 19.2. The van der Waals surface area contributed by atoms with Crippen molar-refractivity contribution in [2.75, 3.05) is 32.7 Å². The molecular weight excluding hydrogens is 418 g/mol. The molecule has 8 heteroatoms. The molecule has 2 N–H and O–H groups in total. The van der Waals surface area contributed by atoms with Crippen molar-refractivity contribution < 1.29 is 14.7 Å². The van der Waals surface area contributed by atoms with Crippen LogP contribution < -0.4 is 5.32 Å². The van der Waals surface area contributed by atoms with Crippen LogP contribution in [0.4, 0.5) is 0 Å². The van der Waals surface area contributed by atoms with Gasteiger partial charge in [0.2, 0.25) is 5.91 Å².